The normalized spacial score (nSPS) is 18.1. The third-order valence-corrected chi connectivity index (χ3v) is 4.29. The van der Waals surface area contributed by atoms with Crippen LogP contribution < -0.4 is 4.90 Å². The molecule has 1 aromatic carbocycles. The lowest BCUT2D eigenvalue weighted by molar-refractivity contribution is -0.121. The monoisotopic (exact) mass is 320 g/mol. The molecule has 0 unspecified atom stereocenters. The Bertz CT molecular complexity index is 740. The van der Waals surface area contributed by atoms with Gasteiger partial charge in [-0.05, 0) is 24.3 Å². The molecule has 7 heteroatoms. The Morgan fingerprint density at radius 3 is 2.68 bits per heavy atom. The summed E-state index contributed by atoms with van der Waals surface area (Å²) in [5, 5.41) is -0.0538. The molecule has 1 aliphatic rings. The van der Waals surface area contributed by atoms with Gasteiger partial charge in [-0.1, -0.05) is 17.8 Å². The van der Waals surface area contributed by atoms with E-state index in [0.29, 0.717) is 11.1 Å². The van der Waals surface area contributed by atoms with Gasteiger partial charge in [0.15, 0.2) is 0 Å². The SMILES string of the molecule is O=C1C[C@H](Sc2ccccn2)C(=O)N1c1ccc(F)cc1F. The smallest absolute Gasteiger partial charge is 0.247 e. The summed E-state index contributed by atoms with van der Waals surface area (Å²) in [6.07, 6.45) is 1.54. The number of hydrogen-bond acceptors (Lipinski definition) is 4. The van der Waals surface area contributed by atoms with Crippen molar-refractivity contribution < 1.29 is 18.4 Å². The van der Waals surface area contributed by atoms with Crippen LogP contribution in [-0.4, -0.2) is 22.0 Å². The molecule has 3 rings (SSSR count). The summed E-state index contributed by atoms with van der Waals surface area (Å²) in [6.45, 7) is 0. The lowest BCUT2D eigenvalue weighted by atomic mass is 10.2. The molecule has 2 aromatic rings. The van der Waals surface area contributed by atoms with E-state index in [1.165, 1.54) is 0 Å². The van der Waals surface area contributed by atoms with Crippen LogP contribution in [0, 0.1) is 11.6 Å². The van der Waals surface area contributed by atoms with Crippen molar-refractivity contribution in [1.29, 1.82) is 0 Å². The average Bonchev–Trinajstić information content (AvgIpc) is 2.75. The van der Waals surface area contributed by atoms with Crippen molar-refractivity contribution in [3.63, 3.8) is 0 Å². The van der Waals surface area contributed by atoms with E-state index in [-0.39, 0.29) is 12.1 Å². The first-order valence-electron chi connectivity index (χ1n) is 6.46. The van der Waals surface area contributed by atoms with Crippen LogP contribution >= 0.6 is 11.8 Å². The molecule has 112 valence electrons. The second-order valence-electron chi connectivity index (χ2n) is 4.64. The molecule has 0 N–H and O–H groups in total. The fourth-order valence-electron chi connectivity index (χ4n) is 2.17. The van der Waals surface area contributed by atoms with Crippen LogP contribution in [0.25, 0.3) is 0 Å². The third-order valence-electron chi connectivity index (χ3n) is 3.16. The highest BCUT2D eigenvalue weighted by Crippen LogP contribution is 2.34. The van der Waals surface area contributed by atoms with Crippen molar-refractivity contribution in [3.05, 3.63) is 54.2 Å². The number of benzene rings is 1. The van der Waals surface area contributed by atoms with Crippen molar-refractivity contribution >= 4 is 29.3 Å². The topological polar surface area (TPSA) is 50.3 Å². The van der Waals surface area contributed by atoms with Crippen LogP contribution in [0.1, 0.15) is 6.42 Å². The highest BCUT2D eigenvalue weighted by Gasteiger charge is 2.41. The van der Waals surface area contributed by atoms with Crippen LogP contribution in [-0.2, 0) is 9.59 Å². The summed E-state index contributed by atoms with van der Waals surface area (Å²) >= 11 is 1.15. The van der Waals surface area contributed by atoms with Gasteiger partial charge in [-0.2, -0.15) is 0 Å². The molecule has 1 fully saturated rings. The van der Waals surface area contributed by atoms with E-state index in [0.717, 1.165) is 28.8 Å². The molecule has 0 aliphatic carbocycles. The predicted octanol–water partition coefficient (Wildman–Crippen LogP) is 2.78. The molecule has 1 aromatic heterocycles. The lowest BCUT2D eigenvalue weighted by Gasteiger charge is -2.15. The standard InChI is InChI=1S/C15H10F2N2O2S/c16-9-4-5-11(10(17)7-9)19-14(20)8-12(15(19)21)22-13-3-1-2-6-18-13/h1-7,12H,8H2/t12-/m0/s1. The number of amides is 2. The Kier molecular flexibility index (Phi) is 3.89. The second-order valence-corrected chi connectivity index (χ2v) is 5.86. The molecular weight excluding hydrogens is 310 g/mol. The highest BCUT2D eigenvalue weighted by molar-refractivity contribution is 8.00. The zero-order chi connectivity index (χ0) is 15.7. The number of nitrogens with zero attached hydrogens (tertiary/aromatic N) is 2. The Hall–Kier alpha value is -2.28. The predicted molar refractivity (Wildman–Crippen MR) is 77.4 cm³/mol. The average molecular weight is 320 g/mol. The fraction of sp³-hybridized carbons (Fsp3) is 0.133. The van der Waals surface area contributed by atoms with E-state index in [4.69, 9.17) is 0 Å². The van der Waals surface area contributed by atoms with Crippen molar-refractivity contribution in [2.75, 3.05) is 4.90 Å². The molecule has 1 aliphatic heterocycles. The molecule has 2 heterocycles. The lowest BCUT2D eigenvalue weighted by Crippen LogP contribution is -2.31. The molecule has 1 atom stereocenters. The molecule has 1 saturated heterocycles. The Balaban J connectivity index is 1.85. The van der Waals surface area contributed by atoms with Gasteiger partial charge in [0.1, 0.15) is 11.6 Å². The van der Waals surface area contributed by atoms with Gasteiger partial charge in [-0.25, -0.2) is 18.7 Å². The summed E-state index contributed by atoms with van der Waals surface area (Å²) in [6, 6.07) is 7.99. The van der Waals surface area contributed by atoms with E-state index >= 15 is 0 Å². The van der Waals surface area contributed by atoms with Crippen LogP contribution in [0.5, 0.6) is 0 Å². The summed E-state index contributed by atoms with van der Waals surface area (Å²) in [5.41, 5.74) is -0.222. The molecule has 22 heavy (non-hydrogen) atoms. The van der Waals surface area contributed by atoms with Gasteiger partial charge in [-0.15, -0.1) is 0 Å². The van der Waals surface area contributed by atoms with Gasteiger partial charge in [0.05, 0.1) is 16.0 Å². The van der Waals surface area contributed by atoms with Crippen LogP contribution in [0.3, 0.4) is 0 Å². The molecule has 0 saturated carbocycles. The Morgan fingerprint density at radius 1 is 1.18 bits per heavy atom. The van der Waals surface area contributed by atoms with Gasteiger partial charge >= 0.3 is 0 Å². The molecule has 0 spiro atoms. The number of thioether (sulfide) groups is 1. The zero-order valence-electron chi connectivity index (χ0n) is 11.2. The number of pyridine rings is 1. The van der Waals surface area contributed by atoms with Crippen molar-refractivity contribution in [3.8, 4) is 0 Å². The summed E-state index contributed by atoms with van der Waals surface area (Å²) in [5.74, 6) is -2.74. The Labute approximate surface area is 129 Å². The number of hydrogen-bond donors (Lipinski definition) is 0. The second kappa shape index (κ2) is 5.84. The quantitative estimate of drug-likeness (QED) is 0.816. The number of imide groups is 1. The molecular formula is C15H10F2N2O2S. The summed E-state index contributed by atoms with van der Waals surface area (Å²) in [7, 11) is 0. The maximum atomic E-state index is 13.8. The van der Waals surface area contributed by atoms with Crippen LogP contribution in [0.15, 0.2) is 47.6 Å². The maximum Gasteiger partial charge on any atom is 0.247 e. The molecule has 4 nitrogen and oxygen atoms in total. The number of carbonyl (C=O) groups is 2. The van der Waals surface area contributed by atoms with Crippen molar-refractivity contribution in [2.45, 2.75) is 16.7 Å². The van der Waals surface area contributed by atoms with Crippen molar-refractivity contribution in [1.82, 2.24) is 4.98 Å². The van der Waals surface area contributed by atoms with Gasteiger partial charge in [0.25, 0.3) is 0 Å². The van der Waals surface area contributed by atoms with Gasteiger partial charge in [0.2, 0.25) is 11.8 Å². The van der Waals surface area contributed by atoms with E-state index in [2.05, 4.69) is 4.98 Å². The van der Waals surface area contributed by atoms with Crippen LogP contribution in [0.4, 0.5) is 14.5 Å². The maximum absolute atomic E-state index is 13.8. The van der Waals surface area contributed by atoms with Gasteiger partial charge in [0, 0.05) is 18.7 Å². The molecule has 0 radical (unpaired) electrons. The number of carbonyl (C=O) groups excluding carboxylic acids is 2. The fourth-order valence-corrected chi connectivity index (χ4v) is 3.18. The van der Waals surface area contributed by atoms with E-state index in [1.807, 2.05) is 0 Å². The minimum Gasteiger partial charge on any atom is -0.274 e. The first kappa shape index (κ1) is 14.6. The first-order valence-corrected chi connectivity index (χ1v) is 7.34. The number of aromatic nitrogens is 1. The first-order chi connectivity index (χ1) is 10.6. The molecule has 2 amide bonds. The number of halogens is 2. The minimum absolute atomic E-state index is 0.0448. The van der Waals surface area contributed by atoms with Gasteiger partial charge in [-0.3, -0.25) is 9.59 Å². The number of rotatable bonds is 3. The van der Waals surface area contributed by atoms with E-state index < -0.39 is 28.7 Å². The zero-order valence-corrected chi connectivity index (χ0v) is 12.0. The number of anilines is 1. The summed E-state index contributed by atoms with van der Waals surface area (Å²) < 4.78 is 26.7. The van der Waals surface area contributed by atoms with E-state index in [1.54, 1.807) is 24.4 Å². The molecule has 0 bridgehead atoms. The third kappa shape index (κ3) is 2.71. The Morgan fingerprint density at radius 2 is 2.00 bits per heavy atom. The van der Waals surface area contributed by atoms with Gasteiger partial charge < -0.3 is 0 Å². The minimum atomic E-state index is -0.940. The van der Waals surface area contributed by atoms with E-state index in [9.17, 15) is 18.4 Å². The largest absolute Gasteiger partial charge is 0.274 e. The highest BCUT2D eigenvalue weighted by atomic mass is 32.2. The van der Waals surface area contributed by atoms with Crippen molar-refractivity contribution in [2.24, 2.45) is 0 Å². The summed E-state index contributed by atoms with van der Waals surface area (Å²) in [4.78, 5) is 29.2. The van der Waals surface area contributed by atoms with Crippen LogP contribution in [0.2, 0.25) is 0 Å².